The molecular formula is C8H15NO7. The number of ether oxygens (including phenoxy) is 2. The van der Waals surface area contributed by atoms with Crippen molar-refractivity contribution in [3.63, 3.8) is 0 Å². The summed E-state index contributed by atoms with van der Waals surface area (Å²) < 4.78 is 9.26. The van der Waals surface area contributed by atoms with Crippen molar-refractivity contribution >= 4 is 6.09 Å². The number of rotatable bonds is 2. The van der Waals surface area contributed by atoms with E-state index in [1.54, 1.807) is 0 Å². The number of carbonyl (C=O) groups excluding carboxylic acids is 1. The fourth-order valence-electron chi connectivity index (χ4n) is 1.26. The van der Waals surface area contributed by atoms with E-state index in [-0.39, 0.29) is 6.61 Å². The Bertz CT molecular complexity index is 261. The average Bonchev–Trinajstić information content (AvgIpc) is 2.29. The van der Waals surface area contributed by atoms with Gasteiger partial charge in [0.1, 0.15) is 24.9 Å². The molecule has 0 bridgehead atoms. The summed E-state index contributed by atoms with van der Waals surface area (Å²) in [5, 5.41) is 39.8. The van der Waals surface area contributed by atoms with Gasteiger partial charge in [-0.25, -0.2) is 4.79 Å². The molecule has 94 valence electrons. The van der Waals surface area contributed by atoms with Crippen LogP contribution in [-0.4, -0.2) is 70.9 Å². The maximum absolute atomic E-state index is 10.8. The summed E-state index contributed by atoms with van der Waals surface area (Å²) in [5.41, 5.74) is 0. The molecule has 0 aromatic heterocycles. The van der Waals surface area contributed by atoms with Gasteiger partial charge in [-0.05, 0) is 0 Å². The molecule has 1 rings (SSSR count). The van der Waals surface area contributed by atoms with Crippen molar-refractivity contribution in [2.75, 3.05) is 20.3 Å². The van der Waals surface area contributed by atoms with Crippen molar-refractivity contribution < 1.29 is 34.7 Å². The number of nitrogens with one attached hydrogen (secondary N) is 1. The molecule has 1 saturated heterocycles. The summed E-state index contributed by atoms with van der Waals surface area (Å²) in [4.78, 5) is 10.8. The van der Waals surface area contributed by atoms with Crippen molar-refractivity contribution in [2.45, 2.75) is 24.1 Å². The molecule has 0 spiro atoms. The minimum absolute atomic E-state index is 0.369. The highest BCUT2D eigenvalue weighted by atomic mass is 16.7. The normalized spacial score (nSPS) is 39.2. The van der Waals surface area contributed by atoms with Crippen LogP contribution in [0.5, 0.6) is 0 Å². The van der Waals surface area contributed by atoms with Crippen LogP contribution < -0.4 is 5.32 Å². The molecule has 8 heteroatoms. The number of aliphatic hydroxyl groups excluding tert-OH is 3. The zero-order valence-corrected chi connectivity index (χ0v) is 8.66. The van der Waals surface area contributed by atoms with E-state index in [0.29, 0.717) is 0 Å². The van der Waals surface area contributed by atoms with E-state index in [2.05, 4.69) is 10.1 Å². The molecule has 1 amide bonds. The minimum atomic E-state index is -2.22. The molecule has 4 atom stereocenters. The molecule has 1 aliphatic heterocycles. The molecule has 4 unspecified atom stereocenters. The number of alkyl carbamates (subject to hydrolysis) is 1. The van der Waals surface area contributed by atoms with Gasteiger partial charge in [-0.3, -0.25) is 0 Å². The molecule has 0 saturated carbocycles. The van der Waals surface area contributed by atoms with Gasteiger partial charge in [0.25, 0.3) is 0 Å². The first-order valence-electron chi connectivity index (χ1n) is 4.66. The van der Waals surface area contributed by atoms with E-state index in [1.807, 2.05) is 0 Å². The number of amides is 1. The van der Waals surface area contributed by atoms with Gasteiger partial charge in [0, 0.05) is 7.05 Å². The molecule has 1 aliphatic rings. The second-order valence-electron chi connectivity index (χ2n) is 3.48. The first kappa shape index (κ1) is 13.1. The maximum Gasteiger partial charge on any atom is 0.407 e. The molecule has 0 aromatic rings. The number of hydrogen-bond donors (Lipinski definition) is 5. The fourth-order valence-corrected chi connectivity index (χ4v) is 1.26. The van der Waals surface area contributed by atoms with Crippen LogP contribution in [0.4, 0.5) is 4.79 Å². The molecule has 0 radical (unpaired) electrons. The topological polar surface area (TPSA) is 128 Å². The Morgan fingerprint density at radius 1 is 1.56 bits per heavy atom. The largest absolute Gasteiger partial charge is 0.444 e. The molecule has 5 N–H and O–H groups in total. The summed E-state index contributed by atoms with van der Waals surface area (Å²) in [6.45, 7) is -1.02. The Balaban J connectivity index is 2.59. The van der Waals surface area contributed by atoms with Crippen molar-refractivity contribution in [1.29, 1.82) is 0 Å². The molecule has 1 fully saturated rings. The molecule has 16 heavy (non-hydrogen) atoms. The monoisotopic (exact) mass is 237 g/mol. The lowest BCUT2D eigenvalue weighted by molar-refractivity contribution is -0.330. The quantitative estimate of drug-likeness (QED) is 0.349. The summed E-state index contributed by atoms with van der Waals surface area (Å²) >= 11 is 0. The third kappa shape index (κ3) is 2.60. The van der Waals surface area contributed by atoms with Crippen LogP contribution in [0.1, 0.15) is 0 Å². The van der Waals surface area contributed by atoms with Crippen LogP contribution >= 0.6 is 0 Å². The Labute approximate surface area is 91.4 Å². The maximum atomic E-state index is 10.8. The first-order chi connectivity index (χ1) is 7.40. The SMILES string of the molecule is CNC(=O)OCC1(O)OCC(O)C(O)C1O. The summed E-state index contributed by atoms with van der Waals surface area (Å²) in [5.74, 6) is -2.22. The van der Waals surface area contributed by atoms with E-state index in [0.717, 1.165) is 0 Å². The van der Waals surface area contributed by atoms with Gasteiger partial charge in [0.15, 0.2) is 0 Å². The van der Waals surface area contributed by atoms with Gasteiger partial charge in [-0.15, -0.1) is 0 Å². The standard InChI is InChI=1S/C8H15NO7/c1-9-7(13)15-3-8(14)6(12)5(11)4(10)2-16-8/h4-6,10-12,14H,2-3H2,1H3,(H,9,13). The Morgan fingerprint density at radius 3 is 2.75 bits per heavy atom. The van der Waals surface area contributed by atoms with Crippen LogP contribution in [0.2, 0.25) is 0 Å². The van der Waals surface area contributed by atoms with Crippen LogP contribution in [0.15, 0.2) is 0 Å². The summed E-state index contributed by atoms with van der Waals surface area (Å²) in [7, 11) is 1.32. The molecule has 0 aromatic carbocycles. The van der Waals surface area contributed by atoms with Gasteiger partial charge in [-0.2, -0.15) is 0 Å². The number of hydrogen-bond acceptors (Lipinski definition) is 7. The van der Waals surface area contributed by atoms with Gasteiger partial charge in [-0.1, -0.05) is 0 Å². The predicted octanol–water partition coefficient (Wildman–Crippen LogP) is -2.86. The second kappa shape index (κ2) is 4.93. The summed E-state index contributed by atoms with van der Waals surface area (Å²) in [6.07, 6.45) is -5.44. The smallest absolute Gasteiger partial charge is 0.407 e. The lowest BCUT2D eigenvalue weighted by Crippen LogP contribution is -2.63. The summed E-state index contributed by atoms with van der Waals surface area (Å²) in [6, 6.07) is 0. The Kier molecular flexibility index (Phi) is 4.05. The fraction of sp³-hybridized carbons (Fsp3) is 0.875. The van der Waals surface area contributed by atoms with Gasteiger partial charge in [0.05, 0.1) is 6.61 Å². The minimum Gasteiger partial charge on any atom is -0.444 e. The van der Waals surface area contributed by atoms with Crippen LogP contribution in [0.3, 0.4) is 0 Å². The van der Waals surface area contributed by atoms with Gasteiger partial charge < -0.3 is 35.2 Å². The van der Waals surface area contributed by atoms with Crippen LogP contribution in [-0.2, 0) is 9.47 Å². The zero-order chi connectivity index (χ0) is 12.3. The average molecular weight is 237 g/mol. The van der Waals surface area contributed by atoms with Gasteiger partial charge >= 0.3 is 6.09 Å². The molecule has 0 aliphatic carbocycles. The number of carbonyl (C=O) groups is 1. The van der Waals surface area contributed by atoms with E-state index in [4.69, 9.17) is 9.84 Å². The van der Waals surface area contributed by atoms with Crippen molar-refractivity contribution in [1.82, 2.24) is 5.32 Å². The van der Waals surface area contributed by atoms with Crippen LogP contribution in [0, 0.1) is 0 Å². The van der Waals surface area contributed by atoms with E-state index >= 15 is 0 Å². The second-order valence-corrected chi connectivity index (χ2v) is 3.48. The highest BCUT2D eigenvalue weighted by Gasteiger charge is 2.49. The Morgan fingerprint density at radius 2 is 2.19 bits per heavy atom. The highest BCUT2D eigenvalue weighted by molar-refractivity contribution is 5.66. The van der Waals surface area contributed by atoms with E-state index < -0.39 is 36.8 Å². The third-order valence-electron chi connectivity index (χ3n) is 2.30. The predicted molar refractivity (Wildman–Crippen MR) is 49.3 cm³/mol. The lowest BCUT2D eigenvalue weighted by Gasteiger charge is -2.40. The van der Waals surface area contributed by atoms with Crippen LogP contribution in [0.25, 0.3) is 0 Å². The van der Waals surface area contributed by atoms with Gasteiger partial charge in [0.2, 0.25) is 5.79 Å². The lowest BCUT2D eigenvalue weighted by atomic mass is 9.97. The van der Waals surface area contributed by atoms with Crippen molar-refractivity contribution in [3.8, 4) is 0 Å². The van der Waals surface area contributed by atoms with E-state index in [1.165, 1.54) is 7.05 Å². The molecule has 1 heterocycles. The Hall–Kier alpha value is -0.930. The number of aliphatic hydroxyl groups is 4. The van der Waals surface area contributed by atoms with Crippen molar-refractivity contribution in [2.24, 2.45) is 0 Å². The zero-order valence-electron chi connectivity index (χ0n) is 8.66. The molecular weight excluding hydrogens is 222 g/mol. The third-order valence-corrected chi connectivity index (χ3v) is 2.30. The van der Waals surface area contributed by atoms with E-state index in [9.17, 15) is 20.1 Å². The van der Waals surface area contributed by atoms with Crippen molar-refractivity contribution in [3.05, 3.63) is 0 Å². The highest BCUT2D eigenvalue weighted by Crippen LogP contribution is 2.24. The molecule has 8 nitrogen and oxygen atoms in total. The first-order valence-corrected chi connectivity index (χ1v) is 4.66.